The van der Waals surface area contributed by atoms with Gasteiger partial charge in [-0.05, 0) is 66.9 Å². The van der Waals surface area contributed by atoms with Crippen molar-refractivity contribution in [3.63, 3.8) is 0 Å². The number of nitrogens with zero attached hydrogens (tertiary/aromatic N) is 1. The second-order valence-corrected chi connectivity index (χ2v) is 11.2. The highest BCUT2D eigenvalue weighted by Crippen LogP contribution is 2.41. The van der Waals surface area contributed by atoms with Crippen LogP contribution in [0.1, 0.15) is 32.3 Å². The summed E-state index contributed by atoms with van der Waals surface area (Å²) in [5, 5.41) is 23.7. The Morgan fingerprint density at radius 2 is 1.73 bits per heavy atom. The fraction of sp³-hybridized carbons (Fsp3) is 0.345. The smallest absolute Gasteiger partial charge is 0.416 e. The topological polar surface area (TPSA) is 134 Å². The van der Waals surface area contributed by atoms with E-state index in [-0.39, 0.29) is 35.5 Å². The number of alkyl halides is 5. The maximum absolute atomic E-state index is 14.0. The normalized spacial score (nSPS) is 15.0. The molecule has 2 unspecified atom stereocenters. The molecule has 0 spiro atoms. The molecular formula is C29H31F6NO8S. The maximum Gasteiger partial charge on any atom is 0.416 e. The van der Waals surface area contributed by atoms with Crippen LogP contribution in [-0.4, -0.2) is 62.2 Å². The lowest BCUT2D eigenvalue weighted by Crippen LogP contribution is -2.42. The maximum atomic E-state index is 14.0. The number of aliphatic hydroxyl groups is 2. The van der Waals surface area contributed by atoms with Crippen LogP contribution in [0.2, 0.25) is 0 Å². The Kier molecular flexibility index (Phi) is 13.1. The molecule has 0 saturated carbocycles. The van der Waals surface area contributed by atoms with E-state index < -0.39 is 63.0 Å². The zero-order chi connectivity index (χ0) is 34.1. The monoisotopic (exact) mass is 667 g/mol. The summed E-state index contributed by atoms with van der Waals surface area (Å²) in [5.74, 6) is -2.12. The van der Waals surface area contributed by atoms with Gasteiger partial charge in [0.05, 0.1) is 35.2 Å². The van der Waals surface area contributed by atoms with Crippen LogP contribution in [0.15, 0.2) is 65.6 Å². The third-order valence-electron chi connectivity index (χ3n) is 6.04. The molecule has 248 valence electrons. The van der Waals surface area contributed by atoms with Gasteiger partial charge in [-0.2, -0.15) is 22.0 Å². The van der Waals surface area contributed by atoms with Gasteiger partial charge in [-0.3, -0.25) is 9.10 Å². The molecule has 0 fully saturated rings. The van der Waals surface area contributed by atoms with E-state index in [4.69, 9.17) is 20.1 Å². The van der Waals surface area contributed by atoms with Crippen molar-refractivity contribution in [2.45, 2.75) is 56.6 Å². The van der Waals surface area contributed by atoms with Crippen LogP contribution in [0.4, 0.5) is 32.0 Å². The van der Waals surface area contributed by atoms with Gasteiger partial charge in [0, 0.05) is 13.2 Å². The highest BCUT2D eigenvalue weighted by atomic mass is 32.2. The lowest BCUT2D eigenvalue weighted by Gasteiger charge is -2.34. The molecule has 16 heteroatoms. The molecule has 0 radical (unpaired) electrons. The lowest BCUT2D eigenvalue weighted by atomic mass is 10.0. The molecule has 0 bridgehead atoms. The number of hydrogen-bond donors (Lipinski definition) is 3. The van der Waals surface area contributed by atoms with Crippen molar-refractivity contribution in [2.75, 3.05) is 18.0 Å². The predicted molar refractivity (Wildman–Crippen MR) is 151 cm³/mol. The number of ether oxygens (including phenoxy) is 2. The van der Waals surface area contributed by atoms with Crippen LogP contribution in [-0.2, 0) is 21.0 Å². The number of aliphatic hydroxyl groups excluding tert-OH is 2. The van der Waals surface area contributed by atoms with Crippen LogP contribution in [0, 0.1) is 5.82 Å². The first-order valence-electron chi connectivity index (χ1n) is 13.1. The second-order valence-electron chi connectivity index (χ2n) is 9.39. The van der Waals surface area contributed by atoms with Crippen LogP contribution < -0.4 is 13.8 Å². The average molecular weight is 668 g/mol. The molecule has 3 aromatic carbocycles. The Balaban J connectivity index is 0.000000615. The Morgan fingerprint density at radius 1 is 1.07 bits per heavy atom. The number of sulfonamides is 1. The molecule has 0 amide bonds. The first-order valence-corrected chi connectivity index (χ1v) is 14.6. The molecular weight excluding hydrogens is 636 g/mol. The Bertz CT molecular complexity index is 1550. The molecule has 9 nitrogen and oxygen atoms in total. The van der Waals surface area contributed by atoms with Gasteiger partial charge in [0.25, 0.3) is 10.0 Å². The molecule has 1 heterocycles. The summed E-state index contributed by atoms with van der Waals surface area (Å²) >= 11 is 0. The minimum absolute atomic E-state index is 0.00130. The van der Waals surface area contributed by atoms with Gasteiger partial charge in [-0.1, -0.05) is 19.1 Å². The Hall–Kier alpha value is -4.02. The van der Waals surface area contributed by atoms with Crippen molar-refractivity contribution in [1.29, 1.82) is 0 Å². The van der Waals surface area contributed by atoms with Crippen molar-refractivity contribution in [2.24, 2.45) is 0 Å². The molecule has 45 heavy (non-hydrogen) atoms. The number of aliphatic carboxylic acids is 1. The summed E-state index contributed by atoms with van der Waals surface area (Å²) in [6.07, 6.45) is -5.69. The molecule has 1 aliphatic heterocycles. The van der Waals surface area contributed by atoms with E-state index in [1.807, 2.05) is 0 Å². The molecule has 3 aromatic rings. The minimum atomic E-state index is -4.75. The predicted octanol–water partition coefficient (Wildman–Crippen LogP) is 5.93. The third-order valence-corrected chi connectivity index (χ3v) is 7.82. The summed E-state index contributed by atoms with van der Waals surface area (Å²) in [6, 6.07) is 10.5. The highest BCUT2D eigenvalue weighted by Gasteiger charge is 2.36. The van der Waals surface area contributed by atoms with E-state index in [1.54, 1.807) is 13.8 Å². The second kappa shape index (κ2) is 15.8. The quantitative estimate of drug-likeness (QED) is 0.252. The van der Waals surface area contributed by atoms with Gasteiger partial charge in [-0.25, -0.2) is 12.8 Å². The molecule has 1 aliphatic rings. The van der Waals surface area contributed by atoms with Crippen molar-refractivity contribution in [3.05, 3.63) is 72.0 Å². The molecule has 3 N–H and O–H groups in total. The van der Waals surface area contributed by atoms with E-state index in [2.05, 4.69) is 4.74 Å². The van der Waals surface area contributed by atoms with Crippen molar-refractivity contribution in [1.82, 2.24) is 0 Å². The first-order chi connectivity index (χ1) is 21.0. The van der Waals surface area contributed by atoms with Crippen molar-refractivity contribution < 1.29 is 64.3 Å². The van der Waals surface area contributed by atoms with E-state index >= 15 is 0 Å². The SMILES string of the molecule is CC1CN(S(=O)(=O)c2cccc(C(F)(F)F)c2)c2cc(-c3cc(F)cc(OC(F)F)c3)ccc2O1.CCC(O)CC(=O)O.CO. The lowest BCUT2D eigenvalue weighted by molar-refractivity contribution is -0.139. The number of anilines is 1. The zero-order valence-corrected chi connectivity index (χ0v) is 24.9. The van der Waals surface area contributed by atoms with Gasteiger partial charge >= 0.3 is 18.8 Å². The summed E-state index contributed by atoms with van der Waals surface area (Å²) < 4.78 is 116. The van der Waals surface area contributed by atoms with E-state index in [9.17, 15) is 39.6 Å². The fourth-order valence-electron chi connectivity index (χ4n) is 4.01. The zero-order valence-electron chi connectivity index (χ0n) is 24.1. The Morgan fingerprint density at radius 3 is 2.29 bits per heavy atom. The van der Waals surface area contributed by atoms with Gasteiger partial charge in [0.1, 0.15) is 23.4 Å². The summed E-state index contributed by atoms with van der Waals surface area (Å²) in [5.41, 5.74) is -0.776. The third kappa shape index (κ3) is 10.3. The standard InChI is InChI=1S/C23H17F6NO4S.C5H10O3.CH4O/c1-13-12-30(35(31,32)19-4-2-3-16(10-19)23(27,28)29)20-9-14(5-6-21(20)33-13)15-7-17(24)11-18(8-15)34-22(25)26;1-2-4(6)3-5(7)8;1-2/h2-11,13,22H,12H2,1H3;4,6H,2-3H2,1H3,(H,7,8);2H,1H3. The number of fused-ring (bicyclic) bond motifs is 1. The number of halogens is 6. The molecule has 0 aromatic heterocycles. The summed E-state index contributed by atoms with van der Waals surface area (Å²) in [4.78, 5) is 9.24. The van der Waals surface area contributed by atoms with Gasteiger partial charge < -0.3 is 24.8 Å². The number of carbonyl (C=O) groups is 1. The molecule has 0 saturated heterocycles. The number of hydrogen-bond acceptors (Lipinski definition) is 7. The van der Waals surface area contributed by atoms with E-state index in [1.165, 1.54) is 18.2 Å². The first kappa shape index (κ1) is 37.2. The van der Waals surface area contributed by atoms with Crippen LogP contribution in [0.5, 0.6) is 11.5 Å². The molecule has 2 atom stereocenters. The van der Waals surface area contributed by atoms with Gasteiger partial charge in [0.15, 0.2) is 0 Å². The van der Waals surface area contributed by atoms with Crippen molar-refractivity contribution >= 4 is 21.7 Å². The van der Waals surface area contributed by atoms with Crippen LogP contribution in [0.3, 0.4) is 0 Å². The van der Waals surface area contributed by atoms with Gasteiger partial charge in [0.2, 0.25) is 0 Å². The van der Waals surface area contributed by atoms with Crippen molar-refractivity contribution in [3.8, 4) is 22.6 Å². The van der Waals surface area contributed by atoms with E-state index in [0.29, 0.717) is 12.5 Å². The number of rotatable bonds is 8. The largest absolute Gasteiger partial charge is 0.487 e. The Labute approximate surface area is 255 Å². The summed E-state index contributed by atoms with van der Waals surface area (Å²) in [6.45, 7) is -0.0615. The molecule has 0 aliphatic carbocycles. The number of benzene rings is 3. The fourth-order valence-corrected chi connectivity index (χ4v) is 5.60. The van der Waals surface area contributed by atoms with Crippen LogP contribution >= 0.6 is 0 Å². The number of carboxylic acid groups (broad SMARTS) is 1. The van der Waals surface area contributed by atoms with E-state index in [0.717, 1.165) is 47.8 Å². The van der Waals surface area contributed by atoms with Gasteiger partial charge in [-0.15, -0.1) is 0 Å². The highest BCUT2D eigenvalue weighted by molar-refractivity contribution is 7.92. The minimum Gasteiger partial charge on any atom is -0.487 e. The number of carboxylic acids is 1. The van der Waals surface area contributed by atoms with Crippen LogP contribution in [0.25, 0.3) is 11.1 Å². The molecule has 4 rings (SSSR count). The summed E-state index contributed by atoms with van der Waals surface area (Å²) in [7, 11) is -3.47. The average Bonchev–Trinajstić information content (AvgIpc) is 2.96.